The van der Waals surface area contributed by atoms with Gasteiger partial charge in [0, 0.05) is 18.2 Å². The lowest BCUT2D eigenvalue weighted by molar-refractivity contribution is -0.384. The van der Waals surface area contributed by atoms with Gasteiger partial charge in [0.1, 0.15) is 0 Å². The number of aromatic amines is 1. The number of para-hydroxylation sites is 1. The number of ether oxygens (including phenoxy) is 1. The number of carbonyl (C=O) groups is 1. The second-order valence-electron chi connectivity index (χ2n) is 5.73. The Morgan fingerprint density at radius 2 is 1.93 bits per heavy atom. The molecule has 136 valence electrons. The topological polar surface area (TPSA) is 115 Å². The normalized spacial score (nSPS) is 12.2. The number of hydrogen-bond acceptors (Lipinski definition) is 6. The lowest BCUT2D eigenvalue weighted by Gasteiger charge is -2.11. The van der Waals surface area contributed by atoms with Gasteiger partial charge in [-0.3, -0.25) is 14.9 Å². The number of H-pyrrole nitrogens is 1. The van der Waals surface area contributed by atoms with E-state index in [1.807, 2.05) is 0 Å². The number of non-ortho nitro benzene ring substituents is 1. The highest BCUT2D eigenvalue weighted by Crippen LogP contribution is 2.16. The van der Waals surface area contributed by atoms with Gasteiger partial charge in [0.05, 0.1) is 15.8 Å². The highest BCUT2D eigenvalue weighted by molar-refractivity contribution is 5.87. The van der Waals surface area contributed by atoms with E-state index < -0.39 is 17.0 Å². The number of benzene rings is 2. The molecule has 0 saturated heterocycles. The zero-order valence-corrected chi connectivity index (χ0v) is 14.3. The Hall–Kier alpha value is -3.81. The van der Waals surface area contributed by atoms with Crippen molar-refractivity contribution in [3.63, 3.8) is 0 Å². The Labute approximate surface area is 153 Å². The van der Waals surface area contributed by atoms with Crippen molar-refractivity contribution in [1.82, 2.24) is 9.97 Å². The highest BCUT2D eigenvalue weighted by atomic mass is 16.6. The van der Waals surface area contributed by atoms with E-state index in [0.29, 0.717) is 16.5 Å². The summed E-state index contributed by atoms with van der Waals surface area (Å²) in [5.41, 5.74) is 0.789. The minimum absolute atomic E-state index is 0.0327. The van der Waals surface area contributed by atoms with E-state index >= 15 is 0 Å². The average Bonchev–Trinajstić information content (AvgIpc) is 2.66. The molecule has 0 aliphatic heterocycles. The summed E-state index contributed by atoms with van der Waals surface area (Å²) >= 11 is 0. The Balaban J connectivity index is 1.70. The number of nitrogens with one attached hydrogen (secondary N) is 1. The molecule has 27 heavy (non-hydrogen) atoms. The van der Waals surface area contributed by atoms with Crippen LogP contribution in [0.3, 0.4) is 0 Å². The molecule has 1 aromatic heterocycles. The van der Waals surface area contributed by atoms with Gasteiger partial charge < -0.3 is 9.72 Å². The Bertz CT molecular complexity index is 1090. The molecule has 0 aliphatic rings. The SMILES string of the molecule is C[C@@H](OC(=O)/C=C/c1ccc([N+](=O)[O-])cc1)c1nc2ccccc2c(=O)[nH]1. The predicted octanol–water partition coefficient (Wildman–Crippen LogP) is 3.15. The molecule has 2 aromatic carbocycles. The molecular formula is C19H15N3O5. The largest absolute Gasteiger partial charge is 0.451 e. The predicted molar refractivity (Wildman–Crippen MR) is 99.0 cm³/mol. The molecule has 1 atom stereocenters. The van der Waals surface area contributed by atoms with Crippen LogP contribution in [0.1, 0.15) is 24.4 Å². The fourth-order valence-electron chi connectivity index (χ4n) is 2.44. The summed E-state index contributed by atoms with van der Waals surface area (Å²) in [6, 6.07) is 12.6. The van der Waals surface area contributed by atoms with E-state index in [0.717, 1.165) is 0 Å². The Morgan fingerprint density at radius 3 is 2.63 bits per heavy atom. The molecule has 3 rings (SSSR count). The molecule has 8 nitrogen and oxygen atoms in total. The number of fused-ring (bicyclic) bond motifs is 1. The number of carbonyl (C=O) groups excluding carboxylic acids is 1. The number of rotatable bonds is 5. The summed E-state index contributed by atoms with van der Waals surface area (Å²) < 4.78 is 5.26. The quantitative estimate of drug-likeness (QED) is 0.321. The molecule has 0 bridgehead atoms. The van der Waals surface area contributed by atoms with Crippen LogP contribution in [0.15, 0.2) is 59.4 Å². The maximum Gasteiger partial charge on any atom is 0.331 e. The van der Waals surface area contributed by atoms with E-state index in [4.69, 9.17) is 4.74 Å². The third-order valence-corrected chi connectivity index (χ3v) is 3.82. The van der Waals surface area contributed by atoms with Crippen molar-refractivity contribution in [3.8, 4) is 0 Å². The smallest absolute Gasteiger partial charge is 0.331 e. The van der Waals surface area contributed by atoms with Gasteiger partial charge in [0.15, 0.2) is 11.9 Å². The molecule has 0 amide bonds. The summed E-state index contributed by atoms with van der Waals surface area (Å²) in [4.78, 5) is 41.1. The minimum Gasteiger partial charge on any atom is -0.451 e. The van der Waals surface area contributed by atoms with Crippen molar-refractivity contribution < 1.29 is 14.5 Å². The lowest BCUT2D eigenvalue weighted by Crippen LogP contribution is -2.16. The van der Waals surface area contributed by atoms with Crippen LogP contribution in [0.2, 0.25) is 0 Å². The zero-order valence-electron chi connectivity index (χ0n) is 14.3. The third-order valence-electron chi connectivity index (χ3n) is 3.82. The van der Waals surface area contributed by atoms with E-state index in [2.05, 4.69) is 9.97 Å². The molecule has 8 heteroatoms. The number of nitrogens with zero attached hydrogens (tertiary/aromatic N) is 2. The first-order valence-electron chi connectivity index (χ1n) is 8.06. The van der Waals surface area contributed by atoms with Gasteiger partial charge in [0.25, 0.3) is 11.2 Å². The molecule has 1 N–H and O–H groups in total. The number of nitro benzene ring substituents is 1. The average molecular weight is 365 g/mol. The van der Waals surface area contributed by atoms with Crippen LogP contribution in [-0.2, 0) is 9.53 Å². The van der Waals surface area contributed by atoms with Gasteiger partial charge in [-0.1, -0.05) is 12.1 Å². The first kappa shape index (κ1) is 18.0. The zero-order chi connectivity index (χ0) is 19.4. The second kappa shape index (κ2) is 7.61. The van der Waals surface area contributed by atoms with Crippen LogP contribution in [0.5, 0.6) is 0 Å². The maximum absolute atomic E-state index is 12.1. The van der Waals surface area contributed by atoms with Crippen LogP contribution < -0.4 is 5.56 Å². The van der Waals surface area contributed by atoms with Gasteiger partial charge in [-0.15, -0.1) is 0 Å². The number of nitro groups is 1. The van der Waals surface area contributed by atoms with Crippen LogP contribution in [0.25, 0.3) is 17.0 Å². The van der Waals surface area contributed by atoms with E-state index in [1.54, 1.807) is 31.2 Å². The Morgan fingerprint density at radius 1 is 1.22 bits per heavy atom. The van der Waals surface area contributed by atoms with Crippen molar-refractivity contribution in [2.45, 2.75) is 13.0 Å². The van der Waals surface area contributed by atoms with Crippen LogP contribution in [-0.4, -0.2) is 20.9 Å². The first-order valence-corrected chi connectivity index (χ1v) is 8.06. The van der Waals surface area contributed by atoms with E-state index in [9.17, 15) is 19.7 Å². The van der Waals surface area contributed by atoms with Gasteiger partial charge in [0.2, 0.25) is 0 Å². The molecule has 0 saturated carbocycles. The first-order chi connectivity index (χ1) is 12.9. The summed E-state index contributed by atoms with van der Waals surface area (Å²) in [6.45, 7) is 1.60. The fourth-order valence-corrected chi connectivity index (χ4v) is 2.44. The minimum atomic E-state index is -0.753. The molecule has 0 fully saturated rings. The summed E-state index contributed by atoms with van der Waals surface area (Å²) in [6.07, 6.45) is 1.93. The van der Waals surface area contributed by atoms with Crippen LogP contribution in [0, 0.1) is 10.1 Å². The van der Waals surface area contributed by atoms with Gasteiger partial charge in [-0.05, 0) is 42.8 Å². The molecule has 0 radical (unpaired) electrons. The van der Waals surface area contributed by atoms with Crippen molar-refractivity contribution in [2.24, 2.45) is 0 Å². The number of esters is 1. The van der Waals surface area contributed by atoms with Crippen molar-refractivity contribution >= 4 is 28.6 Å². The monoisotopic (exact) mass is 365 g/mol. The molecular weight excluding hydrogens is 350 g/mol. The summed E-state index contributed by atoms with van der Waals surface area (Å²) in [5, 5.41) is 11.1. The molecule has 0 aliphatic carbocycles. The van der Waals surface area contributed by atoms with Gasteiger partial charge in [-0.25, -0.2) is 9.78 Å². The van der Waals surface area contributed by atoms with Crippen molar-refractivity contribution in [2.75, 3.05) is 0 Å². The molecule has 0 spiro atoms. The summed E-state index contributed by atoms with van der Waals surface area (Å²) in [7, 11) is 0. The van der Waals surface area contributed by atoms with Crippen LogP contribution >= 0.6 is 0 Å². The summed E-state index contributed by atoms with van der Waals surface area (Å²) in [5.74, 6) is -0.382. The Kier molecular flexibility index (Phi) is 5.07. The molecule has 3 aromatic rings. The van der Waals surface area contributed by atoms with Crippen LogP contribution in [0.4, 0.5) is 5.69 Å². The maximum atomic E-state index is 12.1. The standard InChI is InChI=1S/C19H15N3O5/c1-12(18-20-16-5-3-2-4-15(16)19(24)21-18)27-17(23)11-8-13-6-9-14(10-7-13)22(25)26/h2-12H,1H3,(H,20,21,24)/b11-8+/t12-/m1/s1. The molecule has 0 unspecified atom stereocenters. The van der Waals surface area contributed by atoms with Crippen molar-refractivity contribution in [3.05, 3.63) is 86.5 Å². The molecule has 1 heterocycles. The van der Waals surface area contributed by atoms with Gasteiger partial charge in [-0.2, -0.15) is 0 Å². The fraction of sp³-hybridized carbons (Fsp3) is 0.105. The van der Waals surface area contributed by atoms with Crippen molar-refractivity contribution in [1.29, 1.82) is 0 Å². The lowest BCUT2D eigenvalue weighted by atomic mass is 10.2. The number of aromatic nitrogens is 2. The second-order valence-corrected chi connectivity index (χ2v) is 5.73. The van der Waals surface area contributed by atoms with E-state index in [-0.39, 0.29) is 17.1 Å². The van der Waals surface area contributed by atoms with E-state index in [1.165, 1.54) is 36.4 Å². The number of hydrogen-bond donors (Lipinski definition) is 1. The highest BCUT2D eigenvalue weighted by Gasteiger charge is 2.14. The third kappa shape index (κ3) is 4.24. The van der Waals surface area contributed by atoms with Gasteiger partial charge >= 0.3 is 5.97 Å².